The number of benzene rings is 1. The van der Waals surface area contributed by atoms with Gasteiger partial charge < -0.3 is 13.9 Å². The Hall–Kier alpha value is -1.14. The fourth-order valence-electron chi connectivity index (χ4n) is 2.56. The van der Waals surface area contributed by atoms with Crippen LogP contribution in [0, 0.1) is 0 Å². The van der Waals surface area contributed by atoms with Crippen LogP contribution >= 0.6 is 15.9 Å². The van der Waals surface area contributed by atoms with Crippen molar-refractivity contribution in [3.05, 3.63) is 58.5 Å². The molecule has 0 radical (unpaired) electrons. The summed E-state index contributed by atoms with van der Waals surface area (Å²) >= 11 is 3.47. The largest absolute Gasteiger partial charge is 0.467 e. The summed E-state index contributed by atoms with van der Waals surface area (Å²) in [5.41, 5.74) is 1.14. The fraction of sp³-hybridized carbons (Fsp3) is 0.412. The van der Waals surface area contributed by atoms with Gasteiger partial charge in [-0.05, 0) is 43.2 Å². The van der Waals surface area contributed by atoms with Gasteiger partial charge in [0.15, 0.2) is 5.79 Å². The normalized spacial score (nSPS) is 19.0. The average molecular weight is 366 g/mol. The summed E-state index contributed by atoms with van der Waals surface area (Å²) in [6.07, 6.45) is 2.64. The smallest absolute Gasteiger partial charge is 0.177 e. The summed E-state index contributed by atoms with van der Waals surface area (Å²) in [6, 6.07) is 12.1. The molecule has 0 saturated carbocycles. The van der Waals surface area contributed by atoms with Gasteiger partial charge in [-0.3, -0.25) is 5.32 Å². The predicted molar refractivity (Wildman–Crippen MR) is 87.6 cm³/mol. The van der Waals surface area contributed by atoms with Gasteiger partial charge in [-0.25, -0.2) is 0 Å². The topological polar surface area (TPSA) is 43.6 Å². The van der Waals surface area contributed by atoms with Crippen LogP contribution in [-0.2, 0) is 9.47 Å². The lowest BCUT2D eigenvalue weighted by Gasteiger charge is -2.35. The molecule has 1 N–H and O–H groups in total. The Labute approximate surface area is 138 Å². The lowest BCUT2D eigenvalue weighted by molar-refractivity contribution is -0.252. The Balaban J connectivity index is 1.76. The van der Waals surface area contributed by atoms with E-state index in [9.17, 15) is 0 Å². The molecule has 1 aliphatic heterocycles. The molecular weight excluding hydrogens is 346 g/mol. The summed E-state index contributed by atoms with van der Waals surface area (Å²) in [6.45, 7) is 4.04. The number of furan rings is 1. The van der Waals surface area contributed by atoms with E-state index in [-0.39, 0.29) is 6.04 Å². The molecule has 1 atom stereocenters. The van der Waals surface area contributed by atoms with E-state index in [2.05, 4.69) is 33.4 Å². The summed E-state index contributed by atoms with van der Waals surface area (Å²) in [5.74, 6) is 0.292. The third-order valence-electron chi connectivity index (χ3n) is 3.76. The molecule has 1 fully saturated rings. The molecule has 1 aromatic heterocycles. The van der Waals surface area contributed by atoms with E-state index in [1.54, 1.807) is 6.26 Å². The predicted octanol–water partition coefficient (Wildman–Crippen LogP) is 3.87. The van der Waals surface area contributed by atoms with Crippen LogP contribution < -0.4 is 5.32 Å². The second kappa shape index (κ2) is 6.96. The van der Waals surface area contributed by atoms with Gasteiger partial charge in [-0.2, -0.15) is 0 Å². The van der Waals surface area contributed by atoms with E-state index in [0.717, 1.165) is 35.4 Å². The van der Waals surface area contributed by atoms with E-state index in [4.69, 9.17) is 13.9 Å². The number of hydrogen-bond acceptors (Lipinski definition) is 4. The minimum Gasteiger partial charge on any atom is -0.467 e. The molecule has 22 heavy (non-hydrogen) atoms. The first kappa shape index (κ1) is 15.7. The Kier molecular flexibility index (Phi) is 4.98. The van der Waals surface area contributed by atoms with E-state index in [0.29, 0.717) is 6.54 Å². The zero-order valence-corrected chi connectivity index (χ0v) is 14.1. The lowest BCUT2D eigenvalue weighted by Crippen LogP contribution is -2.47. The highest BCUT2D eigenvalue weighted by molar-refractivity contribution is 9.10. The average Bonchev–Trinajstić information content (AvgIpc) is 3.04. The maximum absolute atomic E-state index is 5.77. The highest BCUT2D eigenvalue weighted by Crippen LogP contribution is 2.26. The van der Waals surface area contributed by atoms with Gasteiger partial charge in [-0.1, -0.05) is 28.1 Å². The lowest BCUT2D eigenvalue weighted by atomic mass is 10.0. The molecule has 3 rings (SSSR count). The summed E-state index contributed by atoms with van der Waals surface area (Å²) in [5, 5.41) is 3.51. The Bertz CT molecular complexity index is 576. The van der Waals surface area contributed by atoms with Crippen molar-refractivity contribution in [2.24, 2.45) is 0 Å². The number of rotatable bonds is 5. The van der Waals surface area contributed by atoms with Crippen LogP contribution in [-0.4, -0.2) is 25.5 Å². The molecule has 118 valence electrons. The van der Waals surface area contributed by atoms with Gasteiger partial charge in [-0.15, -0.1) is 0 Å². The van der Waals surface area contributed by atoms with Crippen LogP contribution in [0.3, 0.4) is 0 Å². The molecule has 0 bridgehead atoms. The van der Waals surface area contributed by atoms with Crippen LogP contribution in [0.5, 0.6) is 0 Å². The Morgan fingerprint density at radius 3 is 2.55 bits per heavy atom. The van der Waals surface area contributed by atoms with Crippen LogP contribution in [0.15, 0.2) is 51.6 Å². The monoisotopic (exact) mass is 365 g/mol. The fourth-order valence-corrected chi connectivity index (χ4v) is 2.82. The molecule has 0 amide bonds. The molecule has 5 heteroatoms. The van der Waals surface area contributed by atoms with Crippen molar-refractivity contribution in [1.29, 1.82) is 0 Å². The summed E-state index contributed by atoms with van der Waals surface area (Å²) in [7, 11) is 0. The van der Waals surface area contributed by atoms with Gasteiger partial charge in [0.05, 0.1) is 32.1 Å². The molecule has 0 spiro atoms. The highest BCUT2D eigenvalue weighted by Gasteiger charge is 2.30. The van der Waals surface area contributed by atoms with Gasteiger partial charge in [0.1, 0.15) is 5.76 Å². The second-order valence-electron chi connectivity index (χ2n) is 5.57. The molecule has 2 heterocycles. The first-order valence-corrected chi connectivity index (χ1v) is 8.26. The maximum Gasteiger partial charge on any atom is 0.177 e. The maximum atomic E-state index is 5.77. The van der Waals surface area contributed by atoms with Crippen molar-refractivity contribution in [3.63, 3.8) is 0 Å². The van der Waals surface area contributed by atoms with Crippen molar-refractivity contribution in [3.8, 4) is 0 Å². The van der Waals surface area contributed by atoms with Crippen molar-refractivity contribution in [2.45, 2.75) is 25.2 Å². The van der Waals surface area contributed by atoms with E-state index in [1.165, 1.54) is 0 Å². The second-order valence-corrected chi connectivity index (χ2v) is 6.48. The van der Waals surface area contributed by atoms with Crippen molar-refractivity contribution >= 4 is 15.9 Å². The molecule has 4 nitrogen and oxygen atoms in total. The molecule has 1 unspecified atom stereocenters. The standard InChI is InChI=1S/C17H20BrNO3/c1-17(21-10-3-11-22-17)12-19-16(15-4-2-9-20-15)13-5-7-14(18)8-6-13/h2,4-9,16,19H,3,10-12H2,1H3. The zero-order chi connectivity index (χ0) is 15.4. The van der Waals surface area contributed by atoms with Gasteiger partial charge >= 0.3 is 0 Å². The van der Waals surface area contributed by atoms with Crippen LogP contribution in [0.1, 0.15) is 30.7 Å². The minimum atomic E-state index is -0.585. The third kappa shape index (κ3) is 3.79. The van der Waals surface area contributed by atoms with Crippen molar-refractivity contribution in [1.82, 2.24) is 5.32 Å². The number of hydrogen-bond donors (Lipinski definition) is 1. The summed E-state index contributed by atoms with van der Waals surface area (Å²) < 4.78 is 18.2. The molecule has 1 aromatic carbocycles. The Morgan fingerprint density at radius 2 is 1.91 bits per heavy atom. The van der Waals surface area contributed by atoms with Crippen LogP contribution in [0.2, 0.25) is 0 Å². The van der Waals surface area contributed by atoms with E-state index in [1.807, 2.05) is 31.2 Å². The van der Waals surface area contributed by atoms with Gasteiger partial charge in [0.2, 0.25) is 0 Å². The molecular formula is C17H20BrNO3. The number of nitrogens with one attached hydrogen (secondary N) is 1. The molecule has 2 aromatic rings. The molecule has 1 saturated heterocycles. The zero-order valence-electron chi connectivity index (χ0n) is 12.5. The summed E-state index contributed by atoms with van der Waals surface area (Å²) in [4.78, 5) is 0. The number of halogens is 1. The van der Waals surface area contributed by atoms with Crippen LogP contribution in [0.25, 0.3) is 0 Å². The first-order chi connectivity index (χ1) is 10.7. The minimum absolute atomic E-state index is 0.0333. The molecule has 0 aliphatic carbocycles. The van der Waals surface area contributed by atoms with Gasteiger partial charge in [0.25, 0.3) is 0 Å². The third-order valence-corrected chi connectivity index (χ3v) is 4.29. The molecule has 1 aliphatic rings. The van der Waals surface area contributed by atoms with Crippen molar-refractivity contribution in [2.75, 3.05) is 19.8 Å². The van der Waals surface area contributed by atoms with E-state index < -0.39 is 5.79 Å². The Morgan fingerprint density at radius 1 is 1.18 bits per heavy atom. The van der Waals surface area contributed by atoms with Gasteiger partial charge in [0, 0.05) is 4.47 Å². The van der Waals surface area contributed by atoms with Crippen LogP contribution in [0.4, 0.5) is 0 Å². The highest BCUT2D eigenvalue weighted by atomic mass is 79.9. The number of ether oxygens (including phenoxy) is 2. The van der Waals surface area contributed by atoms with Crippen molar-refractivity contribution < 1.29 is 13.9 Å². The first-order valence-electron chi connectivity index (χ1n) is 7.46. The van der Waals surface area contributed by atoms with E-state index >= 15 is 0 Å². The SMILES string of the molecule is CC1(CNC(c2ccc(Br)cc2)c2ccco2)OCCCO1. The quantitative estimate of drug-likeness (QED) is 0.873.